The summed E-state index contributed by atoms with van der Waals surface area (Å²) in [6.45, 7) is 8.98. The largest absolute Gasteiger partial charge is 0.306 e. The minimum absolute atomic E-state index is 0.135. The van der Waals surface area contributed by atoms with Gasteiger partial charge < -0.3 is 5.32 Å². The minimum atomic E-state index is -0.248. The van der Waals surface area contributed by atoms with E-state index in [9.17, 15) is 4.39 Å². The lowest BCUT2D eigenvalue weighted by molar-refractivity contribution is 0.569. The van der Waals surface area contributed by atoms with Crippen LogP contribution < -0.4 is 5.32 Å². The summed E-state index contributed by atoms with van der Waals surface area (Å²) in [7, 11) is 0. The molecule has 0 aliphatic rings. The van der Waals surface area contributed by atoms with Crippen LogP contribution in [0.15, 0.2) is 60.8 Å². The van der Waals surface area contributed by atoms with Crippen LogP contribution in [0.25, 0.3) is 11.4 Å². The minimum Gasteiger partial charge on any atom is -0.306 e. The number of hydrogen-bond donors (Lipinski definition) is 1. The van der Waals surface area contributed by atoms with Gasteiger partial charge in [-0.15, -0.1) is 0 Å². The van der Waals surface area contributed by atoms with E-state index in [1.54, 1.807) is 12.1 Å². The van der Waals surface area contributed by atoms with Gasteiger partial charge in [0.05, 0.1) is 23.3 Å². The average Bonchev–Trinajstić information content (AvgIpc) is 3.27. The Morgan fingerprint density at radius 3 is 2.27 bits per heavy atom. The van der Waals surface area contributed by atoms with E-state index in [1.807, 2.05) is 47.6 Å². The van der Waals surface area contributed by atoms with Crippen LogP contribution in [-0.4, -0.2) is 19.6 Å². The van der Waals surface area contributed by atoms with Crippen LogP contribution in [0.4, 0.5) is 4.39 Å². The molecule has 0 aliphatic carbocycles. The normalized spacial score (nSPS) is 12.3. The summed E-state index contributed by atoms with van der Waals surface area (Å²) in [4.78, 5) is 0. The molecule has 6 heteroatoms. The maximum atomic E-state index is 13.3. The molecule has 30 heavy (non-hydrogen) atoms. The summed E-state index contributed by atoms with van der Waals surface area (Å²) in [6.07, 6.45) is 1.93. The SMILES string of the molecule is Cc1nn(-c2ccc(F)cc2)c(C)c1CNC(C)c1cnn(-c2ccccc2)c1C. The predicted molar refractivity (Wildman–Crippen MR) is 117 cm³/mol. The zero-order chi connectivity index (χ0) is 21.3. The average molecular weight is 404 g/mol. The molecule has 5 nitrogen and oxygen atoms in total. The Morgan fingerprint density at radius 1 is 0.900 bits per heavy atom. The van der Waals surface area contributed by atoms with Gasteiger partial charge in [-0.2, -0.15) is 10.2 Å². The number of para-hydroxylation sites is 1. The molecule has 0 saturated carbocycles. The van der Waals surface area contributed by atoms with Gasteiger partial charge in [-0.1, -0.05) is 18.2 Å². The van der Waals surface area contributed by atoms with E-state index >= 15 is 0 Å². The highest BCUT2D eigenvalue weighted by Gasteiger charge is 2.17. The summed E-state index contributed by atoms with van der Waals surface area (Å²) >= 11 is 0. The van der Waals surface area contributed by atoms with E-state index in [-0.39, 0.29) is 11.9 Å². The molecule has 2 aromatic carbocycles. The maximum absolute atomic E-state index is 13.3. The van der Waals surface area contributed by atoms with Crippen LogP contribution in [0, 0.1) is 26.6 Å². The first-order valence-electron chi connectivity index (χ1n) is 10.1. The first kappa shape index (κ1) is 20.0. The molecule has 0 bridgehead atoms. The monoisotopic (exact) mass is 403 g/mol. The topological polar surface area (TPSA) is 47.7 Å². The Balaban J connectivity index is 1.52. The lowest BCUT2D eigenvalue weighted by atomic mass is 10.1. The molecule has 2 aromatic heterocycles. The molecule has 2 heterocycles. The van der Waals surface area contributed by atoms with Crippen molar-refractivity contribution >= 4 is 0 Å². The first-order chi connectivity index (χ1) is 14.5. The van der Waals surface area contributed by atoms with Crippen molar-refractivity contribution in [2.24, 2.45) is 0 Å². The second kappa shape index (κ2) is 8.24. The number of aromatic nitrogens is 4. The third kappa shape index (κ3) is 3.78. The molecule has 0 radical (unpaired) electrons. The Kier molecular flexibility index (Phi) is 5.50. The van der Waals surface area contributed by atoms with Crippen molar-refractivity contribution in [3.63, 3.8) is 0 Å². The van der Waals surface area contributed by atoms with Crippen LogP contribution in [0.5, 0.6) is 0 Å². The van der Waals surface area contributed by atoms with Crippen molar-refractivity contribution in [2.75, 3.05) is 0 Å². The second-order valence-electron chi connectivity index (χ2n) is 7.57. The van der Waals surface area contributed by atoms with Gasteiger partial charge >= 0.3 is 0 Å². The Labute approximate surface area is 176 Å². The second-order valence-corrected chi connectivity index (χ2v) is 7.57. The summed E-state index contributed by atoms with van der Waals surface area (Å²) < 4.78 is 17.1. The molecule has 4 aromatic rings. The molecule has 0 spiro atoms. The van der Waals surface area contributed by atoms with Crippen LogP contribution in [0.3, 0.4) is 0 Å². The third-order valence-corrected chi connectivity index (χ3v) is 5.61. The number of nitrogens with one attached hydrogen (secondary N) is 1. The number of halogens is 1. The predicted octanol–water partition coefficient (Wildman–Crippen LogP) is 4.97. The van der Waals surface area contributed by atoms with Gasteiger partial charge in [-0.3, -0.25) is 0 Å². The van der Waals surface area contributed by atoms with Gasteiger partial charge in [0.2, 0.25) is 0 Å². The highest BCUT2D eigenvalue weighted by atomic mass is 19.1. The standard InChI is InChI=1S/C24H26FN5/c1-16(24-15-27-29(18(24)3)21-8-6-5-7-9-21)26-14-23-17(2)28-30(19(23)4)22-12-10-20(25)11-13-22/h5-13,15-16,26H,14H2,1-4H3. The molecule has 0 fully saturated rings. The zero-order valence-corrected chi connectivity index (χ0v) is 17.7. The molecular weight excluding hydrogens is 377 g/mol. The van der Waals surface area contributed by atoms with Crippen molar-refractivity contribution < 1.29 is 4.39 Å². The number of aryl methyl sites for hydroxylation is 1. The van der Waals surface area contributed by atoms with Gasteiger partial charge in [-0.05, 0) is 64.1 Å². The van der Waals surface area contributed by atoms with E-state index in [0.717, 1.165) is 34.0 Å². The number of nitrogens with zero attached hydrogens (tertiary/aromatic N) is 4. The van der Waals surface area contributed by atoms with Gasteiger partial charge in [0.25, 0.3) is 0 Å². The van der Waals surface area contributed by atoms with Crippen LogP contribution in [-0.2, 0) is 6.54 Å². The van der Waals surface area contributed by atoms with E-state index < -0.39 is 0 Å². The van der Waals surface area contributed by atoms with Crippen LogP contribution in [0.2, 0.25) is 0 Å². The quantitative estimate of drug-likeness (QED) is 0.494. The van der Waals surface area contributed by atoms with Crippen molar-refractivity contribution in [3.05, 3.63) is 94.8 Å². The Hall–Kier alpha value is -3.25. The molecule has 1 atom stereocenters. The number of rotatable bonds is 6. The number of hydrogen-bond acceptors (Lipinski definition) is 3. The van der Waals surface area contributed by atoms with Gasteiger partial charge in [0.15, 0.2) is 0 Å². The molecular formula is C24H26FN5. The highest BCUT2D eigenvalue weighted by molar-refractivity contribution is 5.38. The van der Waals surface area contributed by atoms with Crippen molar-refractivity contribution in [1.82, 2.24) is 24.9 Å². The summed E-state index contributed by atoms with van der Waals surface area (Å²) in [5, 5.41) is 12.8. The lowest BCUT2D eigenvalue weighted by Gasteiger charge is -2.14. The fourth-order valence-electron chi connectivity index (χ4n) is 3.81. The molecule has 1 N–H and O–H groups in total. The molecule has 0 aliphatic heterocycles. The first-order valence-corrected chi connectivity index (χ1v) is 10.1. The fraction of sp³-hybridized carbons (Fsp3) is 0.250. The van der Waals surface area contributed by atoms with Gasteiger partial charge in [-0.25, -0.2) is 13.8 Å². The Morgan fingerprint density at radius 2 is 1.57 bits per heavy atom. The molecule has 1 unspecified atom stereocenters. The van der Waals surface area contributed by atoms with E-state index in [0.29, 0.717) is 6.54 Å². The van der Waals surface area contributed by atoms with Crippen molar-refractivity contribution in [3.8, 4) is 11.4 Å². The van der Waals surface area contributed by atoms with Crippen LogP contribution >= 0.6 is 0 Å². The smallest absolute Gasteiger partial charge is 0.123 e. The van der Waals surface area contributed by atoms with Crippen molar-refractivity contribution in [2.45, 2.75) is 40.3 Å². The molecule has 154 valence electrons. The van der Waals surface area contributed by atoms with E-state index in [2.05, 4.69) is 41.5 Å². The van der Waals surface area contributed by atoms with E-state index in [1.165, 1.54) is 17.7 Å². The van der Waals surface area contributed by atoms with Gasteiger partial charge in [0, 0.05) is 35.1 Å². The van der Waals surface area contributed by atoms with Crippen LogP contribution in [0.1, 0.15) is 41.2 Å². The summed E-state index contributed by atoms with van der Waals surface area (Å²) in [5.41, 5.74) is 7.37. The van der Waals surface area contributed by atoms with Gasteiger partial charge in [0.1, 0.15) is 5.82 Å². The van der Waals surface area contributed by atoms with Crippen molar-refractivity contribution in [1.29, 1.82) is 0 Å². The Bertz CT molecular complexity index is 1140. The third-order valence-electron chi connectivity index (χ3n) is 5.61. The fourth-order valence-corrected chi connectivity index (χ4v) is 3.81. The van der Waals surface area contributed by atoms with E-state index in [4.69, 9.17) is 0 Å². The summed E-state index contributed by atoms with van der Waals surface area (Å²) in [5.74, 6) is -0.248. The lowest BCUT2D eigenvalue weighted by Crippen LogP contribution is -2.19. The zero-order valence-electron chi connectivity index (χ0n) is 17.7. The number of benzene rings is 2. The molecule has 4 rings (SSSR count). The maximum Gasteiger partial charge on any atom is 0.123 e. The highest BCUT2D eigenvalue weighted by Crippen LogP contribution is 2.22. The molecule has 0 saturated heterocycles. The summed E-state index contributed by atoms with van der Waals surface area (Å²) in [6, 6.07) is 16.7. The molecule has 0 amide bonds.